The monoisotopic (exact) mass is 295 g/mol. The van der Waals surface area contributed by atoms with Gasteiger partial charge in [-0.15, -0.1) is 0 Å². The van der Waals surface area contributed by atoms with E-state index in [1.807, 2.05) is 13.8 Å². The lowest BCUT2D eigenvalue weighted by atomic mass is 9.83. The predicted octanol–water partition coefficient (Wildman–Crippen LogP) is 0.995. The molecule has 120 valence electrons. The number of carbonyl (C=O) groups excluding carboxylic acids is 2. The van der Waals surface area contributed by atoms with Crippen molar-refractivity contribution in [3.05, 3.63) is 0 Å². The zero-order valence-corrected chi connectivity index (χ0v) is 13.5. The van der Waals surface area contributed by atoms with Crippen molar-refractivity contribution < 1.29 is 9.59 Å². The van der Waals surface area contributed by atoms with Crippen LogP contribution in [0.5, 0.6) is 0 Å². The Bertz CT molecular complexity index is 378. The molecule has 0 aromatic heterocycles. The van der Waals surface area contributed by atoms with E-state index in [1.165, 1.54) is 0 Å². The van der Waals surface area contributed by atoms with Gasteiger partial charge < -0.3 is 15.5 Å². The molecule has 0 bridgehead atoms. The van der Waals surface area contributed by atoms with Crippen molar-refractivity contribution in [3.63, 3.8) is 0 Å². The molecule has 2 unspecified atom stereocenters. The van der Waals surface area contributed by atoms with E-state index >= 15 is 0 Å². The second kappa shape index (κ2) is 7.25. The summed E-state index contributed by atoms with van der Waals surface area (Å²) in [5, 5.41) is 6.24. The van der Waals surface area contributed by atoms with E-state index in [0.717, 1.165) is 25.9 Å². The van der Waals surface area contributed by atoms with Gasteiger partial charge in [-0.1, -0.05) is 20.8 Å². The molecule has 2 aliphatic rings. The number of piperazine rings is 1. The predicted molar refractivity (Wildman–Crippen MR) is 82.7 cm³/mol. The van der Waals surface area contributed by atoms with Gasteiger partial charge in [0, 0.05) is 19.5 Å². The van der Waals surface area contributed by atoms with Crippen LogP contribution in [0.3, 0.4) is 0 Å². The van der Waals surface area contributed by atoms with E-state index in [2.05, 4.69) is 17.6 Å². The zero-order chi connectivity index (χ0) is 15.4. The second-order valence-corrected chi connectivity index (χ2v) is 6.84. The molecule has 5 heteroatoms. The molecule has 0 radical (unpaired) electrons. The summed E-state index contributed by atoms with van der Waals surface area (Å²) < 4.78 is 0. The lowest BCUT2D eigenvalue weighted by Gasteiger charge is -2.38. The Kier molecular flexibility index (Phi) is 5.62. The van der Waals surface area contributed by atoms with Gasteiger partial charge in [-0.2, -0.15) is 0 Å². The van der Waals surface area contributed by atoms with Crippen LogP contribution in [0.1, 0.15) is 40.0 Å². The highest BCUT2D eigenvalue weighted by molar-refractivity contribution is 5.89. The van der Waals surface area contributed by atoms with E-state index < -0.39 is 0 Å². The van der Waals surface area contributed by atoms with Crippen molar-refractivity contribution in [3.8, 4) is 0 Å². The normalized spacial score (nSPS) is 25.8. The molecule has 0 aromatic carbocycles. The van der Waals surface area contributed by atoms with Crippen molar-refractivity contribution >= 4 is 11.8 Å². The number of nitrogens with one attached hydrogen (secondary N) is 2. The summed E-state index contributed by atoms with van der Waals surface area (Å²) in [7, 11) is 0. The van der Waals surface area contributed by atoms with Gasteiger partial charge >= 0.3 is 0 Å². The molecule has 0 aliphatic carbocycles. The molecule has 2 atom stereocenters. The molecular formula is C16H29N3O2. The van der Waals surface area contributed by atoms with Crippen LogP contribution in [0.25, 0.3) is 0 Å². The SMILES string of the molecule is CC(C)C1C(=O)NCCN1C(=O)CC(C)C1CCNCC1. The van der Waals surface area contributed by atoms with Gasteiger partial charge in [0.05, 0.1) is 0 Å². The minimum Gasteiger partial charge on any atom is -0.353 e. The van der Waals surface area contributed by atoms with Crippen molar-refractivity contribution in [1.29, 1.82) is 0 Å². The maximum Gasteiger partial charge on any atom is 0.243 e. The molecular weight excluding hydrogens is 266 g/mol. The summed E-state index contributed by atoms with van der Waals surface area (Å²) in [5.41, 5.74) is 0. The van der Waals surface area contributed by atoms with Crippen LogP contribution in [-0.4, -0.2) is 48.9 Å². The molecule has 2 fully saturated rings. The first-order valence-electron chi connectivity index (χ1n) is 8.28. The third kappa shape index (κ3) is 3.96. The molecule has 2 rings (SSSR count). The summed E-state index contributed by atoms with van der Waals surface area (Å²) >= 11 is 0. The van der Waals surface area contributed by atoms with E-state index in [0.29, 0.717) is 31.3 Å². The van der Waals surface area contributed by atoms with Crippen LogP contribution in [0.15, 0.2) is 0 Å². The molecule has 5 nitrogen and oxygen atoms in total. The quantitative estimate of drug-likeness (QED) is 0.813. The van der Waals surface area contributed by atoms with E-state index in [4.69, 9.17) is 0 Å². The summed E-state index contributed by atoms with van der Waals surface area (Å²) in [4.78, 5) is 26.5. The number of rotatable bonds is 4. The molecule has 0 spiro atoms. The Morgan fingerprint density at radius 3 is 2.52 bits per heavy atom. The standard InChI is InChI=1S/C16H29N3O2/c1-11(2)15-16(21)18-8-9-19(15)14(20)10-12(3)13-4-6-17-7-5-13/h11-13,15,17H,4-10H2,1-3H3,(H,18,21). The minimum atomic E-state index is -0.300. The first kappa shape index (κ1) is 16.3. The Balaban J connectivity index is 1.95. The number of carbonyl (C=O) groups is 2. The molecule has 2 saturated heterocycles. The highest BCUT2D eigenvalue weighted by Crippen LogP contribution is 2.26. The van der Waals surface area contributed by atoms with Crippen molar-refractivity contribution in [2.45, 2.75) is 46.1 Å². The maximum absolute atomic E-state index is 12.6. The van der Waals surface area contributed by atoms with Crippen molar-refractivity contribution in [2.24, 2.45) is 17.8 Å². The number of hydrogen-bond donors (Lipinski definition) is 2. The largest absolute Gasteiger partial charge is 0.353 e. The fourth-order valence-corrected chi connectivity index (χ4v) is 3.60. The lowest BCUT2D eigenvalue weighted by Crippen LogP contribution is -2.59. The average molecular weight is 295 g/mol. The van der Waals surface area contributed by atoms with Gasteiger partial charge in [-0.3, -0.25) is 9.59 Å². The summed E-state index contributed by atoms with van der Waals surface area (Å²) in [6.45, 7) is 9.54. The molecule has 2 aliphatic heterocycles. The topological polar surface area (TPSA) is 61.4 Å². The fourth-order valence-electron chi connectivity index (χ4n) is 3.60. The van der Waals surface area contributed by atoms with Crippen LogP contribution >= 0.6 is 0 Å². The maximum atomic E-state index is 12.6. The Hall–Kier alpha value is -1.10. The third-order valence-corrected chi connectivity index (χ3v) is 4.89. The number of nitrogens with zero attached hydrogens (tertiary/aromatic N) is 1. The molecule has 0 saturated carbocycles. The van der Waals surface area contributed by atoms with E-state index in [1.54, 1.807) is 4.90 Å². The van der Waals surface area contributed by atoms with Crippen molar-refractivity contribution in [1.82, 2.24) is 15.5 Å². The molecule has 0 aromatic rings. The highest BCUT2D eigenvalue weighted by Gasteiger charge is 2.36. The summed E-state index contributed by atoms with van der Waals surface area (Å²) in [5.74, 6) is 1.33. The summed E-state index contributed by atoms with van der Waals surface area (Å²) in [6.07, 6.45) is 2.88. The Morgan fingerprint density at radius 1 is 1.24 bits per heavy atom. The van der Waals surface area contributed by atoms with Crippen LogP contribution in [0.4, 0.5) is 0 Å². The second-order valence-electron chi connectivity index (χ2n) is 6.84. The van der Waals surface area contributed by atoms with Crippen molar-refractivity contribution in [2.75, 3.05) is 26.2 Å². The first-order chi connectivity index (χ1) is 10.0. The Labute approximate surface area is 127 Å². The zero-order valence-electron chi connectivity index (χ0n) is 13.5. The smallest absolute Gasteiger partial charge is 0.243 e. The van der Waals surface area contributed by atoms with Gasteiger partial charge in [0.25, 0.3) is 0 Å². The molecule has 2 N–H and O–H groups in total. The third-order valence-electron chi connectivity index (χ3n) is 4.89. The lowest BCUT2D eigenvalue weighted by molar-refractivity contribution is -0.146. The Morgan fingerprint density at radius 2 is 1.90 bits per heavy atom. The van der Waals surface area contributed by atoms with Gasteiger partial charge in [0.15, 0.2) is 0 Å². The van der Waals surface area contributed by atoms with Crippen LogP contribution < -0.4 is 10.6 Å². The van der Waals surface area contributed by atoms with Crippen LogP contribution in [0, 0.1) is 17.8 Å². The van der Waals surface area contributed by atoms with E-state index in [-0.39, 0.29) is 23.8 Å². The van der Waals surface area contributed by atoms with Crippen LogP contribution in [0.2, 0.25) is 0 Å². The van der Waals surface area contributed by atoms with Gasteiger partial charge in [-0.05, 0) is 43.7 Å². The van der Waals surface area contributed by atoms with Gasteiger partial charge in [0.1, 0.15) is 6.04 Å². The molecule has 2 amide bonds. The number of piperidine rings is 1. The van der Waals surface area contributed by atoms with E-state index in [9.17, 15) is 9.59 Å². The fraction of sp³-hybridized carbons (Fsp3) is 0.875. The molecule has 2 heterocycles. The first-order valence-corrected chi connectivity index (χ1v) is 8.28. The van der Waals surface area contributed by atoms with Gasteiger partial charge in [0.2, 0.25) is 11.8 Å². The average Bonchev–Trinajstić information content (AvgIpc) is 2.47. The summed E-state index contributed by atoms with van der Waals surface area (Å²) in [6, 6.07) is -0.300. The number of hydrogen-bond acceptors (Lipinski definition) is 3. The van der Waals surface area contributed by atoms with Gasteiger partial charge in [-0.25, -0.2) is 0 Å². The number of amides is 2. The molecule has 21 heavy (non-hydrogen) atoms. The van der Waals surface area contributed by atoms with Crippen LogP contribution in [-0.2, 0) is 9.59 Å². The highest BCUT2D eigenvalue weighted by atomic mass is 16.2. The minimum absolute atomic E-state index is 0.000815.